The highest BCUT2D eigenvalue weighted by molar-refractivity contribution is 6.31. The van der Waals surface area contributed by atoms with Crippen molar-refractivity contribution in [1.82, 2.24) is 10.2 Å². The predicted octanol–water partition coefficient (Wildman–Crippen LogP) is 5.93. The first kappa shape index (κ1) is 29.0. The molecule has 5 rings (SSSR count). The van der Waals surface area contributed by atoms with E-state index < -0.39 is 29.7 Å². The quantitative estimate of drug-likeness (QED) is 0.251. The average Bonchev–Trinajstić information content (AvgIpc) is 3.83. The van der Waals surface area contributed by atoms with E-state index in [1.54, 1.807) is 0 Å². The number of hydrogen-bond acceptors (Lipinski definition) is 5. The molecule has 7 nitrogen and oxygen atoms in total. The van der Waals surface area contributed by atoms with E-state index in [9.17, 15) is 23.5 Å². The third-order valence-electron chi connectivity index (χ3n) is 8.39. The van der Waals surface area contributed by atoms with Gasteiger partial charge in [-0.25, -0.2) is 13.6 Å². The molecule has 41 heavy (non-hydrogen) atoms. The Morgan fingerprint density at radius 1 is 1.02 bits per heavy atom. The molecule has 218 valence electrons. The van der Waals surface area contributed by atoms with Crippen molar-refractivity contribution < 1.29 is 23.5 Å². The van der Waals surface area contributed by atoms with Crippen LogP contribution >= 0.6 is 11.6 Å². The molecule has 3 fully saturated rings. The Hall–Kier alpha value is -3.46. The lowest BCUT2D eigenvalue weighted by molar-refractivity contribution is -0.134. The third kappa shape index (κ3) is 6.72. The molecule has 0 spiro atoms. The van der Waals surface area contributed by atoms with Gasteiger partial charge in [0.25, 0.3) is 6.43 Å². The van der Waals surface area contributed by atoms with E-state index in [1.165, 1.54) is 5.56 Å². The van der Waals surface area contributed by atoms with Crippen molar-refractivity contribution >= 4 is 35.4 Å². The Bertz CT molecular complexity index is 1320. The molecule has 10 heteroatoms. The number of benzene rings is 2. The van der Waals surface area contributed by atoms with Gasteiger partial charge in [-0.3, -0.25) is 4.79 Å². The van der Waals surface area contributed by atoms with Gasteiger partial charge in [-0.05, 0) is 67.7 Å². The summed E-state index contributed by atoms with van der Waals surface area (Å²) in [7, 11) is 0. The van der Waals surface area contributed by atoms with Crippen LogP contribution in [0.1, 0.15) is 50.0 Å². The lowest BCUT2D eigenvalue weighted by Gasteiger charge is -2.37. The van der Waals surface area contributed by atoms with Crippen molar-refractivity contribution in [3.63, 3.8) is 0 Å². The maximum atomic E-state index is 13.7. The number of carbonyl (C=O) groups is 2. The standard InChI is InChI=1S/C31H35ClF2N4O3/c32-23-9-10-25(21-5-3-19(4-6-21)20-11-14-37(15-12-20)30(39)22-7-8-22)27(16-23)38-13-1-2-24(18-38)36-28(29(33)34)26(17-35)31(40)41/h3-6,9-10,16-17,20,22,24,29,35-36H,1-2,7-8,11-15,18H2,(H,40,41)/b28-26+,35-17?. The number of rotatable bonds is 9. The van der Waals surface area contributed by atoms with Crippen molar-refractivity contribution in [2.75, 3.05) is 31.1 Å². The maximum Gasteiger partial charge on any atom is 0.339 e. The lowest BCUT2D eigenvalue weighted by atomic mass is 9.88. The van der Waals surface area contributed by atoms with Crippen LogP contribution in [0.25, 0.3) is 11.1 Å². The number of likely N-dealkylation sites (tertiary alicyclic amines) is 1. The van der Waals surface area contributed by atoms with Gasteiger partial charge in [-0.15, -0.1) is 0 Å². The second kappa shape index (κ2) is 12.6. The Morgan fingerprint density at radius 2 is 1.73 bits per heavy atom. The Labute approximate surface area is 243 Å². The molecule has 1 saturated carbocycles. The van der Waals surface area contributed by atoms with E-state index in [2.05, 4.69) is 34.5 Å². The molecule has 0 bridgehead atoms. The van der Waals surface area contributed by atoms with Gasteiger partial charge in [-0.2, -0.15) is 0 Å². The van der Waals surface area contributed by atoms with Crippen molar-refractivity contribution in [3.05, 3.63) is 64.3 Å². The van der Waals surface area contributed by atoms with Crippen LogP contribution in [0.15, 0.2) is 53.7 Å². The molecule has 1 amide bonds. The van der Waals surface area contributed by atoms with Gasteiger partial charge in [0.15, 0.2) is 0 Å². The molecular formula is C31H35ClF2N4O3. The number of amides is 1. The van der Waals surface area contributed by atoms with Gasteiger partial charge in [0, 0.05) is 60.6 Å². The van der Waals surface area contributed by atoms with Gasteiger partial charge in [-0.1, -0.05) is 41.9 Å². The SMILES string of the molecule is N=C/C(C(=O)O)=C(\NC1CCCN(c2cc(Cl)ccc2-c2ccc(C3CCN(C(=O)C4CC4)CC3)cc2)C1)C(F)F. The number of anilines is 1. The number of hydrogen-bond donors (Lipinski definition) is 3. The number of carboxylic acids is 1. The highest BCUT2D eigenvalue weighted by Gasteiger charge is 2.35. The molecule has 2 aliphatic heterocycles. The molecule has 3 aliphatic rings. The van der Waals surface area contributed by atoms with Gasteiger partial charge >= 0.3 is 5.97 Å². The van der Waals surface area contributed by atoms with E-state index in [-0.39, 0.29) is 5.92 Å². The number of carbonyl (C=O) groups excluding carboxylic acids is 1. The Morgan fingerprint density at radius 3 is 2.34 bits per heavy atom. The first-order chi connectivity index (χ1) is 19.7. The number of carboxylic acid groups (broad SMARTS) is 1. The molecule has 0 aromatic heterocycles. The van der Waals surface area contributed by atoms with Crippen LogP contribution in [-0.2, 0) is 9.59 Å². The van der Waals surface area contributed by atoms with Crippen molar-refractivity contribution in [3.8, 4) is 11.1 Å². The fraction of sp³-hybridized carbons (Fsp3) is 0.452. The van der Waals surface area contributed by atoms with Crippen LogP contribution < -0.4 is 10.2 Å². The zero-order chi connectivity index (χ0) is 29.1. The molecule has 0 radical (unpaired) electrons. The van der Waals surface area contributed by atoms with Crippen molar-refractivity contribution in [2.45, 2.75) is 56.9 Å². The van der Waals surface area contributed by atoms with Crippen LogP contribution in [0.4, 0.5) is 14.5 Å². The van der Waals surface area contributed by atoms with Gasteiger partial charge < -0.3 is 25.6 Å². The number of alkyl halides is 2. The number of aliphatic carboxylic acids is 1. The van der Waals surface area contributed by atoms with Gasteiger partial charge in [0.2, 0.25) is 5.91 Å². The summed E-state index contributed by atoms with van der Waals surface area (Å²) in [6, 6.07) is 13.8. The number of nitrogens with one attached hydrogen (secondary N) is 2. The van der Waals surface area contributed by atoms with Crippen molar-refractivity contribution in [1.29, 1.82) is 5.41 Å². The summed E-state index contributed by atoms with van der Waals surface area (Å²) in [5.41, 5.74) is 2.67. The molecule has 2 aromatic rings. The molecule has 2 saturated heterocycles. The fourth-order valence-corrected chi connectivity index (χ4v) is 6.18. The number of piperidine rings is 2. The highest BCUT2D eigenvalue weighted by Crippen LogP contribution is 2.38. The van der Waals surface area contributed by atoms with Gasteiger partial charge in [0.1, 0.15) is 5.57 Å². The van der Waals surface area contributed by atoms with E-state index >= 15 is 0 Å². The van der Waals surface area contributed by atoms with E-state index in [1.807, 2.05) is 23.1 Å². The van der Waals surface area contributed by atoms with Crippen LogP contribution in [0.5, 0.6) is 0 Å². The molecule has 1 atom stereocenters. The van der Waals surface area contributed by atoms with Crippen LogP contribution in [-0.4, -0.2) is 66.7 Å². The topological polar surface area (TPSA) is 96.7 Å². The summed E-state index contributed by atoms with van der Waals surface area (Å²) in [6.07, 6.45) is 2.71. The Balaban J connectivity index is 1.31. The van der Waals surface area contributed by atoms with Crippen LogP contribution in [0, 0.1) is 11.3 Å². The van der Waals surface area contributed by atoms with E-state index in [4.69, 9.17) is 17.0 Å². The number of halogens is 3. The lowest BCUT2D eigenvalue weighted by Crippen LogP contribution is -2.47. The maximum absolute atomic E-state index is 13.7. The normalized spacial score (nSPS) is 20.5. The average molecular weight is 585 g/mol. The zero-order valence-corrected chi connectivity index (χ0v) is 23.5. The smallest absolute Gasteiger partial charge is 0.339 e. The molecule has 1 unspecified atom stereocenters. The predicted molar refractivity (Wildman–Crippen MR) is 156 cm³/mol. The summed E-state index contributed by atoms with van der Waals surface area (Å²) < 4.78 is 27.5. The van der Waals surface area contributed by atoms with E-state index in [0.29, 0.717) is 49.0 Å². The minimum atomic E-state index is -3.04. The zero-order valence-electron chi connectivity index (χ0n) is 22.8. The van der Waals surface area contributed by atoms with Crippen molar-refractivity contribution in [2.24, 2.45) is 5.92 Å². The molecule has 1 aliphatic carbocycles. The van der Waals surface area contributed by atoms with Crippen LogP contribution in [0.3, 0.4) is 0 Å². The molecular weight excluding hydrogens is 550 g/mol. The second-order valence-corrected chi connectivity index (χ2v) is 11.6. The largest absolute Gasteiger partial charge is 0.478 e. The molecule has 3 N–H and O–H groups in total. The first-order valence-electron chi connectivity index (χ1n) is 14.2. The number of allylic oxidation sites excluding steroid dienone is 1. The molecule has 2 heterocycles. The van der Waals surface area contributed by atoms with Gasteiger partial charge in [0.05, 0.1) is 5.70 Å². The van der Waals surface area contributed by atoms with Crippen LogP contribution in [0.2, 0.25) is 5.02 Å². The molecule has 2 aromatic carbocycles. The highest BCUT2D eigenvalue weighted by atomic mass is 35.5. The minimum Gasteiger partial charge on any atom is -0.478 e. The summed E-state index contributed by atoms with van der Waals surface area (Å²) in [5, 5.41) is 19.9. The second-order valence-electron chi connectivity index (χ2n) is 11.2. The minimum absolute atomic E-state index is 0.261. The summed E-state index contributed by atoms with van der Waals surface area (Å²) in [5.74, 6) is -0.562. The summed E-state index contributed by atoms with van der Waals surface area (Å²) in [6.45, 7) is 2.70. The monoisotopic (exact) mass is 584 g/mol. The summed E-state index contributed by atoms with van der Waals surface area (Å²) in [4.78, 5) is 27.9. The summed E-state index contributed by atoms with van der Waals surface area (Å²) >= 11 is 6.40. The number of nitrogens with zero attached hydrogens (tertiary/aromatic N) is 2. The van der Waals surface area contributed by atoms with E-state index in [0.717, 1.165) is 55.6 Å². The fourth-order valence-electron chi connectivity index (χ4n) is 6.01. The first-order valence-corrected chi connectivity index (χ1v) is 14.6. The Kier molecular flexibility index (Phi) is 8.92. The third-order valence-corrected chi connectivity index (χ3v) is 8.63.